The molecular formula is C7H12N2O2. The Kier molecular flexibility index (Phi) is 3.07. The number of aromatic nitrogens is 1. The first-order chi connectivity index (χ1) is 5.34. The summed E-state index contributed by atoms with van der Waals surface area (Å²) >= 11 is 0. The van der Waals surface area contributed by atoms with Crippen molar-refractivity contribution >= 4 is 0 Å². The Morgan fingerprint density at radius 1 is 1.73 bits per heavy atom. The molecule has 0 aliphatic rings. The molecule has 0 fully saturated rings. The SMILES string of the molecule is Cc1conc1CNCCO. The van der Waals surface area contributed by atoms with E-state index in [1.165, 1.54) is 0 Å². The molecule has 0 atom stereocenters. The lowest BCUT2D eigenvalue weighted by Gasteiger charge is -1.97. The number of aliphatic hydroxyl groups is 1. The predicted molar refractivity (Wildman–Crippen MR) is 40.0 cm³/mol. The minimum atomic E-state index is 0.150. The molecule has 4 nitrogen and oxygen atoms in total. The van der Waals surface area contributed by atoms with Crippen LogP contribution in [0.1, 0.15) is 11.3 Å². The van der Waals surface area contributed by atoms with Crippen molar-refractivity contribution in [2.75, 3.05) is 13.2 Å². The Bertz CT molecular complexity index is 210. The van der Waals surface area contributed by atoms with Crippen LogP contribution in [0.4, 0.5) is 0 Å². The molecule has 1 aromatic rings. The molecule has 0 spiro atoms. The van der Waals surface area contributed by atoms with Crippen LogP contribution in [-0.4, -0.2) is 23.4 Å². The summed E-state index contributed by atoms with van der Waals surface area (Å²) in [5.74, 6) is 0. The fourth-order valence-electron chi connectivity index (χ4n) is 0.767. The summed E-state index contributed by atoms with van der Waals surface area (Å²) in [6.07, 6.45) is 1.61. The van der Waals surface area contributed by atoms with Crippen LogP contribution in [0.3, 0.4) is 0 Å². The standard InChI is InChI=1S/C7H12N2O2/c1-6-5-11-9-7(6)4-8-2-3-10/h5,8,10H,2-4H2,1H3. The molecule has 0 aliphatic carbocycles. The van der Waals surface area contributed by atoms with Crippen LogP contribution in [0, 0.1) is 6.92 Å². The highest BCUT2D eigenvalue weighted by molar-refractivity contribution is 5.11. The number of nitrogens with zero attached hydrogens (tertiary/aromatic N) is 1. The molecule has 1 aromatic heterocycles. The smallest absolute Gasteiger partial charge is 0.127 e. The molecule has 1 heterocycles. The van der Waals surface area contributed by atoms with Crippen molar-refractivity contribution in [1.29, 1.82) is 0 Å². The molecule has 0 amide bonds. The molecule has 0 aromatic carbocycles. The van der Waals surface area contributed by atoms with Gasteiger partial charge in [-0.3, -0.25) is 0 Å². The van der Waals surface area contributed by atoms with E-state index in [0.29, 0.717) is 13.1 Å². The molecule has 0 aliphatic heterocycles. The number of nitrogens with one attached hydrogen (secondary N) is 1. The molecule has 0 saturated carbocycles. The first-order valence-corrected chi connectivity index (χ1v) is 3.56. The first kappa shape index (κ1) is 8.23. The van der Waals surface area contributed by atoms with Crippen molar-refractivity contribution in [3.63, 3.8) is 0 Å². The topological polar surface area (TPSA) is 58.3 Å². The van der Waals surface area contributed by atoms with Gasteiger partial charge in [0.05, 0.1) is 6.61 Å². The first-order valence-electron chi connectivity index (χ1n) is 3.56. The summed E-state index contributed by atoms with van der Waals surface area (Å²) in [5, 5.41) is 15.2. The second-order valence-corrected chi connectivity index (χ2v) is 2.34. The van der Waals surface area contributed by atoms with Gasteiger partial charge in [-0.25, -0.2) is 0 Å². The predicted octanol–water partition coefficient (Wildman–Crippen LogP) is 0.0649. The second kappa shape index (κ2) is 4.10. The number of rotatable bonds is 4. The van der Waals surface area contributed by atoms with Crippen molar-refractivity contribution in [3.05, 3.63) is 17.5 Å². The fourth-order valence-corrected chi connectivity index (χ4v) is 0.767. The van der Waals surface area contributed by atoms with Gasteiger partial charge in [0.15, 0.2) is 0 Å². The molecular weight excluding hydrogens is 144 g/mol. The number of hydrogen-bond acceptors (Lipinski definition) is 4. The average Bonchev–Trinajstić information content (AvgIpc) is 2.37. The molecule has 62 valence electrons. The van der Waals surface area contributed by atoms with E-state index >= 15 is 0 Å². The van der Waals surface area contributed by atoms with Gasteiger partial charge in [-0.15, -0.1) is 0 Å². The molecule has 2 N–H and O–H groups in total. The maximum absolute atomic E-state index is 8.46. The summed E-state index contributed by atoms with van der Waals surface area (Å²) in [6.45, 7) is 3.33. The van der Waals surface area contributed by atoms with Crippen molar-refractivity contribution in [3.8, 4) is 0 Å². The van der Waals surface area contributed by atoms with Gasteiger partial charge in [0, 0.05) is 18.7 Å². The van der Waals surface area contributed by atoms with Crippen LogP contribution in [-0.2, 0) is 6.54 Å². The zero-order valence-corrected chi connectivity index (χ0v) is 6.50. The van der Waals surface area contributed by atoms with E-state index in [4.69, 9.17) is 9.63 Å². The third-order valence-electron chi connectivity index (χ3n) is 1.43. The van der Waals surface area contributed by atoms with Crippen LogP contribution >= 0.6 is 0 Å². The molecule has 11 heavy (non-hydrogen) atoms. The zero-order valence-electron chi connectivity index (χ0n) is 6.50. The van der Waals surface area contributed by atoms with Crippen molar-refractivity contribution in [1.82, 2.24) is 10.5 Å². The van der Waals surface area contributed by atoms with E-state index < -0.39 is 0 Å². The van der Waals surface area contributed by atoms with Crippen molar-refractivity contribution in [2.45, 2.75) is 13.5 Å². The van der Waals surface area contributed by atoms with Gasteiger partial charge in [-0.05, 0) is 6.92 Å². The minimum Gasteiger partial charge on any atom is -0.395 e. The quantitative estimate of drug-likeness (QED) is 0.605. The van der Waals surface area contributed by atoms with E-state index in [-0.39, 0.29) is 6.61 Å². The van der Waals surface area contributed by atoms with Crippen LogP contribution in [0.5, 0.6) is 0 Å². The lowest BCUT2D eigenvalue weighted by atomic mass is 10.3. The van der Waals surface area contributed by atoms with Gasteiger partial charge in [-0.2, -0.15) is 0 Å². The Hall–Kier alpha value is -0.870. The monoisotopic (exact) mass is 156 g/mol. The van der Waals surface area contributed by atoms with Gasteiger partial charge >= 0.3 is 0 Å². The molecule has 0 radical (unpaired) electrons. The summed E-state index contributed by atoms with van der Waals surface area (Å²) in [4.78, 5) is 0. The Balaban J connectivity index is 2.32. The zero-order chi connectivity index (χ0) is 8.10. The maximum Gasteiger partial charge on any atom is 0.127 e. The number of aryl methyl sites for hydroxylation is 1. The molecule has 4 heteroatoms. The number of hydrogen-bond donors (Lipinski definition) is 2. The highest BCUT2D eigenvalue weighted by atomic mass is 16.5. The summed E-state index contributed by atoms with van der Waals surface area (Å²) in [5.41, 5.74) is 1.94. The van der Waals surface area contributed by atoms with Gasteiger partial charge in [0.2, 0.25) is 0 Å². The van der Waals surface area contributed by atoms with Crippen LogP contribution < -0.4 is 5.32 Å². The van der Waals surface area contributed by atoms with Crippen molar-refractivity contribution < 1.29 is 9.63 Å². The largest absolute Gasteiger partial charge is 0.395 e. The summed E-state index contributed by atoms with van der Waals surface area (Å²) < 4.78 is 4.72. The van der Waals surface area contributed by atoms with E-state index in [2.05, 4.69) is 10.5 Å². The summed E-state index contributed by atoms with van der Waals surface area (Å²) in [6, 6.07) is 0. The summed E-state index contributed by atoms with van der Waals surface area (Å²) in [7, 11) is 0. The lowest BCUT2D eigenvalue weighted by molar-refractivity contribution is 0.291. The number of aliphatic hydroxyl groups excluding tert-OH is 1. The molecule has 1 rings (SSSR count). The van der Waals surface area contributed by atoms with Gasteiger partial charge in [0.25, 0.3) is 0 Å². The highest BCUT2D eigenvalue weighted by Crippen LogP contribution is 2.02. The Morgan fingerprint density at radius 3 is 3.09 bits per heavy atom. The van der Waals surface area contributed by atoms with Crippen LogP contribution in [0.25, 0.3) is 0 Å². The minimum absolute atomic E-state index is 0.150. The normalized spacial score (nSPS) is 10.4. The third-order valence-corrected chi connectivity index (χ3v) is 1.43. The third kappa shape index (κ3) is 2.32. The fraction of sp³-hybridized carbons (Fsp3) is 0.571. The van der Waals surface area contributed by atoms with Gasteiger partial charge < -0.3 is 14.9 Å². The molecule has 0 saturated heterocycles. The van der Waals surface area contributed by atoms with E-state index in [1.807, 2.05) is 6.92 Å². The molecule has 0 bridgehead atoms. The van der Waals surface area contributed by atoms with E-state index in [9.17, 15) is 0 Å². The van der Waals surface area contributed by atoms with E-state index in [0.717, 1.165) is 11.3 Å². The lowest BCUT2D eigenvalue weighted by Crippen LogP contribution is -2.18. The Morgan fingerprint density at radius 2 is 2.55 bits per heavy atom. The van der Waals surface area contributed by atoms with Crippen LogP contribution in [0.15, 0.2) is 10.8 Å². The van der Waals surface area contributed by atoms with Crippen LogP contribution in [0.2, 0.25) is 0 Å². The Labute approximate surface area is 65.2 Å². The highest BCUT2D eigenvalue weighted by Gasteiger charge is 2.00. The maximum atomic E-state index is 8.46. The second-order valence-electron chi connectivity index (χ2n) is 2.34. The molecule has 0 unspecified atom stereocenters. The van der Waals surface area contributed by atoms with Crippen molar-refractivity contribution in [2.24, 2.45) is 0 Å². The average molecular weight is 156 g/mol. The van der Waals surface area contributed by atoms with Gasteiger partial charge in [-0.1, -0.05) is 5.16 Å². The van der Waals surface area contributed by atoms with E-state index in [1.54, 1.807) is 6.26 Å². The van der Waals surface area contributed by atoms with Gasteiger partial charge in [0.1, 0.15) is 12.0 Å².